The first-order valence-electron chi connectivity index (χ1n) is 11.2. The number of nitrogens with zero attached hydrogens (tertiary/aromatic N) is 2. The van der Waals surface area contributed by atoms with Crippen LogP contribution < -0.4 is 16.4 Å². The van der Waals surface area contributed by atoms with Crippen LogP contribution in [-0.4, -0.2) is 35.4 Å². The van der Waals surface area contributed by atoms with Crippen molar-refractivity contribution in [3.63, 3.8) is 0 Å². The van der Waals surface area contributed by atoms with E-state index in [1.165, 1.54) is 32.1 Å². The van der Waals surface area contributed by atoms with Crippen molar-refractivity contribution in [1.82, 2.24) is 10.3 Å². The maximum atomic E-state index is 12.7. The Balaban J connectivity index is 1.73. The molecule has 1 saturated carbocycles. The van der Waals surface area contributed by atoms with Crippen LogP contribution in [0.25, 0.3) is 10.9 Å². The lowest BCUT2D eigenvalue weighted by molar-refractivity contribution is 0.100. The summed E-state index contributed by atoms with van der Waals surface area (Å²) in [5.41, 5.74) is 8.10. The van der Waals surface area contributed by atoms with E-state index in [0.717, 1.165) is 35.9 Å². The summed E-state index contributed by atoms with van der Waals surface area (Å²) >= 11 is 0. The first-order chi connectivity index (χ1) is 14.5. The quantitative estimate of drug-likeness (QED) is 0.439. The number of aromatic nitrogens is 1. The molecule has 1 aliphatic rings. The second kappa shape index (κ2) is 10.5. The molecule has 1 aromatic heterocycles. The first-order valence-corrected chi connectivity index (χ1v) is 11.2. The van der Waals surface area contributed by atoms with Crippen LogP contribution in [0.2, 0.25) is 0 Å². The zero-order valence-electron chi connectivity index (χ0n) is 18.5. The van der Waals surface area contributed by atoms with Crippen molar-refractivity contribution in [3.8, 4) is 0 Å². The molecule has 1 aromatic carbocycles. The van der Waals surface area contributed by atoms with Gasteiger partial charge in [-0.3, -0.25) is 4.79 Å². The Kier molecular flexibility index (Phi) is 7.80. The van der Waals surface area contributed by atoms with E-state index in [2.05, 4.69) is 22.5 Å². The summed E-state index contributed by atoms with van der Waals surface area (Å²) in [6.07, 6.45) is 8.66. The van der Waals surface area contributed by atoms with Gasteiger partial charge in [-0.25, -0.2) is 4.98 Å². The average Bonchev–Trinajstić information content (AvgIpc) is 2.72. The zero-order chi connectivity index (χ0) is 21.5. The molecular formula is C24H35N5O. The van der Waals surface area contributed by atoms with Gasteiger partial charge in [-0.1, -0.05) is 37.8 Å². The largest absolute Gasteiger partial charge is 0.387 e. The number of rotatable bonds is 8. The molecule has 0 saturated heterocycles. The highest BCUT2D eigenvalue weighted by molar-refractivity contribution is 6.07. The Morgan fingerprint density at radius 2 is 2.03 bits per heavy atom. The minimum Gasteiger partial charge on any atom is -0.387 e. The van der Waals surface area contributed by atoms with E-state index < -0.39 is 0 Å². The Morgan fingerprint density at radius 1 is 1.27 bits per heavy atom. The summed E-state index contributed by atoms with van der Waals surface area (Å²) in [7, 11) is 0. The van der Waals surface area contributed by atoms with Gasteiger partial charge in [-0.2, -0.15) is 4.99 Å². The van der Waals surface area contributed by atoms with E-state index in [0.29, 0.717) is 23.5 Å². The summed E-state index contributed by atoms with van der Waals surface area (Å²) in [6.45, 7) is 6.62. The van der Waals surface area contributed by atoms with Crippen LogP contribution in [0.3, 0.4) is 0 Å². The Labute approximate surface area is 179 Å². The minimum atomic E-state index is -0.360. The van der Waals surface area contributed by atoms with Crippen molar-refractivity contribution in [2.24, 2.45) is 10.7 Å². The maximum absolute atomic E-state index is 12.7. The molecule has 6 heteroatoms. The molecule has 3 rings (SSSR count). The van der Waals surface area contributed by atoms with Gasteiger partial charge in [0.15, 0.2) is 0 Å². The molecule has 1 heterocycles. The van der Waals surface area contributed by atoms with Gasteiger partial charge in [0.05, 0.1) is 11.1 Å². The lowest BCUT2D eigenvalue weighted by Gasteiger charge is -2.28. The van der Waals surface area contributed by atoms with Crippen LogP contribution in [0.15, 0.2) is 29.3 Å². The molecule has 0 radical (unpaired) electrons. The van der Waals surface area contributed by atoms with Gasteiger partial charge in [-0.05, 0) is 57.7 Å². The Bertz CT molecular complexity index is 898. The highest BCUT2D eigenvalue weighted by atomic mass is 16.1. The molecule has 1 aliphatic carbocycles. The monoisotopic (exact) mass is 409 g/mol. The minimum absolute atomic E-state index is 0.248. The summed E-state index contributed by atoms with van der Waals surface area (Å²) in [6, 6.07) is 9.02. The molecule has 0 spiro atoms. The van der Waals surface area contributed by atoms with E-state index in [4.69, 9.17) is 10.7 Å². The smallest absolute Gasteiger partial charge is 0.282 e. The van der Waals surface area contributed by atoms with Crippen molar-refractivity contribution in [2.75, 3.05) is 11.9 Å². The molecule has 30 heavy (non-hydrogen) atoms. The molecule has 2 aromatic rings. The summed E-state index contributed by atoms with van der Waals surface area (Å²) < 4.78 is 0. The van der Waals surface area contributed by atoms with Gasteiger partial charge >= 0.3 is 0 Å². The molecule has 1 amide bonds. The molecule has 1 atom stereocenters. The fourth-order valence-corrected chi connectivity index (χ4v) is 4.19. The fraction of sp³-hybridized carbons (Fsp3) is 0.542. The number of hydrogen-bond acceptors (Lipinski definition) is 4. The first kappa shape index (κ1) is 22.2. The molecule has 162 valence electrons. The number of benzene rings is 1. The van der Waals surface area contributed by atoms with Gasteiger partial charge in [0, 0.05) is 24.0 Å². The molecule has 6 nitrogen and oxygen atoms in total. The van der Waals surface area contributed by atoms with Crippen molar-refractivity contribution < 1.29 is 4.79 Å². The van der Waals surface area contributed by atoms with Crippen LogP contribution >= 0.6 is 0 Å². The second-order valence-corrected chi connectivity index (χ2v) is 8.46. The molecule has 4 N–H and O–H groups in total. The summed E-state index contributed by atoms with van der Waals surface area (Å²) in [4.78, 5) is 21.3. The molecule has 1 fully saturated rings. The van der Waals surface area contributed by atoms with Gasteiger partial charge in [0.1, 0.15) is 11.7 Å². The third-order valence-electron chi connectivity index (χ3n) is 5.83. The highest BCUT2D eigenvalue weighted by Gasteiger charge is 2.18. The van der Waals surface area contributed by atoms with Gasteiger partial charge in [-0.15, -0.1) is 0 Å². The number of hydrogen-bond donors (Lipinski definition) is 3. The highest BCUT2D eigenvalue weighted by Crippen LogP contribution is 2.23. The lowest BCUT2D eigenvalue weighted by Crippen LogP contribution is -2.40. The summed E-state index contributed by atoms with van der Waals surface area (Å²) in [5.74, 6) is 0.465. The predicted octanol–water partition coefficient (Wildman–Crippen LogP) is 4.56. The van der Waals surface area contributed by atoms with Crippen LogP contribution in [0.1, 0.15) is 74.7 Å². The van der Waals surface area contributed by atoms with Gasteiger partial charge < -0.3 is 16.4 Å². The summed E-state index contributed by atoms with van der Waals surface area (Å²) in [5, 5.41) is 8.15. The topological polar surface area (TPSA) is 92.4 Å². The standard InChI is InChI=1S/C24H35N5O/c1-4-19(28-20-8-6-5-7-9-20)12-13-26-23-21(24(30)27-17(3)25)15-18-14-16(2)10-11-22(18)29-23/h10-11,14-15,19-20,28H,4-9,12-13H2,1-3H3,(H,26,29)(H2,25,27,30). The number of anilines is 1. The van der Waals surface area contributed by atoms with Crippen LogP contribution in [0.5, 0.6) is 0 Å². The van der Waals surface area contributed by atoms with Crippen LogP contribution in [0, 0.1) is 6.92 Å². The van der Waals surface area contributed by atoms with Gasteiger partial charge in [0.2, 0.25) is 0 Å². The Hall–Kier alpha value is -2.47. The Morgan fingerprint density at radius 3 is 2.73 bits per heavy atom. The van der Waals surface area contributed by atoms with Gasteiger partial charge in [0.25, 0.3) is 5.91 Å². The van der Waals surface area contributed by atoms with Crippen LogP contribution in [-0.2, 0) is 0 Å². The number of nitrogens with two attached hydrogens (primary N) is 1. The van der Waals surface area contributed by atoms with Crippen molar-refractivity contribution in [3.05, 3.63) is 35.4 Å². The lowest BCUT2D eigenvalue weighted by atomic mass is 9.94. The number of carbonyl (C=O) groups is 1. The molecule has 0 bridgehead atoms. The van der Waals surface area contributed by atoms with Crippen molar-refractivity contribution in [1.29, 1.82) is 0 Å². The number of fused-ring (bicyclic) bond motifs is 1. The second-order valence-electron chi connectivity index (χ2n) is 8.46. The number of aryl methyl sites for hydroxylation is 1. The van der Waals surface area contributed by atoms with Crippen LogP contribution in [0.4, 0.5) is 5.82 Å². The predicted molar refractivity (Wildman–Crippen MR) is 125 cm³/mol. The third kappa shape index (κ3) is 6.02. The van der Waals surface area contributed by atoms with E-state index in [-0.39, 0.29) is 11.7 Å². The van der Waals surface area contributed by atoms with E-state index in [1.54, 1.807) is 6.92 Å². The number of amidine groups is 1. The number of pyridine rings is 1. The number of carbonyl (C=O) groups excluding carboxylic acids is 1. The van der Waals surface area contributed by atoms with Crippen molar-refractivity contribution >= 4 is 28.5 Å². The van der Waals surface area contributed by atoms with E-state index in [9.17, 15) is 4.79 Å². The number of amides is 1. The molecule has 0 aliphatic heterocycles. The normalized spacial score (nSPS) is 16.6. The fourth-order valence-electron chi connectivity index (χ4n) is 4.19. The number of aliphatic imine (C=N–C) groups is 1. The molecule has 1 unspecified atom stereocenters. The SMILES string of the molecule is CCC(CCNc1nc2ccc(C)cc2cc1C(=O)N=C(C)N)NC1CCCCC1. The van der Waals surface area contributed by atoms with E-state index in [1.807, 2.05) is 31.2 Å². The van der Waals surface area contributed by atoms with Crippen molar-refractivity contribution in [2.45, 2.75) is 77.8 Å². The third-order valence-corrected chi connectivity index (χ3v) is 5.83. The average molecular weight is 410 g/mol. The maximum Gasteiger partial charge on any atom is 0.282 e. The zero-order valence-corrected chi connectivity index (χ0v) is 18.5. The molecular weight excluding hydrogens is 374 g/mol. The number of nitrogens with one attached hydrogen (secondary N) is 2. The van der Waals surface area contributed by atoms with E-state index >= 15 is 0 Å².